The van der Waals surface area contributed by atoms with Crippen molar-refractivity contribution in [2.45, 2.75) is 13.5 Å². The summed E-state index contributed by atoms with van der Waals surface area (Å²) in [6.45, 7) is 1.99. The third kappa shape index (κ3) is 3.23. The topological polar surface area (TPSA) is 59.4 Å². The van der Waals surface area contributed by atoms with Crippen LogP contribution in [0.2, 0.25) is 5.15 Å². The van der Waals surface area contributed by atoms with Gasteiger partial charge in [0.05, 0.1) is 0 Å². The standard InChI is InChI=1S/C14H12ClNO3/c1-9-11(7-12(15)16-13(9)14(17)18)19-8-10-5-3-2-4-6-10/h2-7H,8H2,1H3,(H,17,18). The van der Waals surface area contributed by atoms with E-state index in [9.17, 15) is 4.79 Å². The fourth-order valence-electron chi connectivity index (χ4n) is 1.65. The van der Waals surface area contributed by atoms with Gasteiger partial charge in [-0.2, -0.15) is 0 Å². The summed E-state index contributed by atoms with van der Waals surface area (Å²) in [6, 6.07) is 11.1. The highest BCUT2D eigenvalue weighted by atomic mass is 35.5. The van der Waals surface area contributed by atoms with Crippen LogP contribution in [0.5, 0.6) is 5.75 Å². The normalized spacial score (nSPS) is 10.2. The Labute approximate surface area is 115 Å². The molecule has 2 aromatic rings. The van der Waals surface area contributed by atoms with E-state index in [-0.39, 0.29) is 10.8 Å². The zero-order valence-electron chi connectivity index (χ0n) is 10.3. The lowest BCUT2D eigenvalue weighted by molar-refractivity contribution is 0.0689. The highest BCUT2D eigenvalue weighted by Crippen LogP contribution is 2.25. The van der Waals surface area contributed by atoms with Crippen molar-refractivity contribution in [1.82, 2.24) is 4.98 Å². The van der Waals surface area contributed by atoms with Gasteiger partial charge in [-0.3, -0.25) is 0 Å². The Kier molecular flexibility index (Phi) is 4.02. The van der Waals surface area contributed by atoms with Crippen LogP contribution in [0, 0.1) is 6.92 Å². The number of pyridine rings is 1. The van der Waals surface area contributed by atoms with Gasteiger partial charge in [-0.25, -0.2) is 9.78 Å². The van der Waals surface area contributed by atoms with Crippen molar-refractivity contribution in [3.8, 4) is 5.75 Å². The lowest BCUT2D eigenvalue weighted by Gasteiger charge is -2.11. The van der Waals surface area contributed by atoms with Crippen molar-refractivity contribution < 1.29 is 14.6 Å². The van der Waals surface area contributed by atoms with Gasteiger partial charge in [0.15, 0.2) is 5.69 Å². The van der Waals surface area contributed by atoms with E-state index in [4.69, 9.17) is 21.4 Å². The number of halogens is 1. The predicted octanol–water partition coefficient (Wildman–Crippen LogP) is 3.32. The van der Waals surface area contributed by atoms with Crippen LogP contribution < -0.4 is 4.74 Å². The average molecular weight is 278 g/mol. The molecule has 0 unspecified atom stereocenters. The van der Waals surface area contributed by atoms with Crippen molar-refractivity contribution in [1.29, 1.82) is 0 Å². The van der Waals surface area contributed by atoms with Crippen molar-refractivity contribution in [3.05, 3.63) is 58.4 Å². The molecule has 1 N–H and O–H groups in total. The summed E-state index contributed by atoms with van der Waals surface area (Å²) in [5.74, 6) is -0.689. The monoisotopic (exact) mass is 277 g/mol. The number of aromatic nitrogens is 1. The largest absolute Gasteiger partial charge is 0.488 e. The van der Waals surface area contributed by atoms with Gasteiger partial charge < -0.3 is 9.84 Å². The molecule has 2 rings (SSSR count). The molecule has 0 fully saturated rings. The van der Waals surface area contributed by atoms with Gasteiger partial charge in [0.1, 0.15) is 17.5 Å². The van der Waals surface area contributed by atoms with Crippen LogP contribution in [0.15, 0.2) is 36.4 Å². The number of carboxylic acids is 1. The Hall–Kier alpha value is -2.07. The number of hydrogen-bond acceptors (Lipinski definition) is 3. The molecule has 1 aromatic carbocycles. The van der Waals surface area contributed by atoms with E-state index in [2.05, 4.69) is 4.98 Å². The van der Waals surface area contributed by atoms with Crippen molar-refractivity contribution in [2.75, 3.05) is 0 Å². The molecular weight excluding hydrogens is 266 g/mol. The maximum Gasteiger partial charge on any atom is 0.354 e. The SMILES string of the molecule is Cc1c(OCc2ccccc2)cc(Cl)nc1C(=O)O. The minimum Gasteiger partial charge on any atom is -0.488 e. The Bertz CT molecular complexity index is 599. The molecule has 0 aliphatic heterocycles. The Morgan fingerprint density at radius 1 is 1.37 bits per heavy atom. The van der Waals surface area contributed by atoms with E-state index in [0.29, 0.717) is 17.9 Å². The average Bonchev–Trinajstić information content (AvgIpc) is 2.40. The zero-order chi connectivity index (χ0) is 13.8. The van der Waals surface area contributed by atoms with Gasteiger partial charge in [-0.1, -0.05) is 41.9 Å². The van der Waals surface area contributed by atoms with Gasteiger partial charge in [-0.15, -0.1) is 0 Å². The summed E-state index contributed by atoms with van der Waals surface area (Å²) in [5.41, 5.74) is 1.37. The van der Waals surface area contributed by atoms with E-state index in [1.54, 1.807) is 6.92 Å². The molecule has 0 aliphatic rings. The zero-order valence-corrected chi connectivity index (χ0v) is 11.0. The molecule has 5 heteroatoms. The number of ether oxygens (including phenoxy) is 1. The number of benzene rings is 1. The van der Waals surface area contributed by atoms with Gasteiger partial charge >= 0.3 is 5.97 Å². The quantitative estimate of drug-likeness (QED) is 0.871. The van der Waals surface area contributed by atoms with Crippen LogP contribution in [0.25, 0.3) is 0 Å². The van der Waals surface area contributed by atoms with Crippen molar-refractivity contribution in [2.24, 2.45) is 0 Å². The lowest BCUT2D eigenvalue weighted by Crippen LogP contribution is -2.06. The highest BCUT2D eigenvalue weighted by molar-refractivity contribution is 6.29. The molecule has 0 atom stereocenters. The molecule has 0 aliphatic carbocycles. The number of carboxylic acid groups (broad SMARTS) is 1. The fourth-order valence-corrected chi connectivity index (χ4v) is 1.83. The Morgan fingerprint density at radius 3 is 2.68 bits per heavy atom. The second-order valence-corrected chi connectivity index (χ2v) is 4.38. The first-order valence-electron chi connectivity index (χ1n) is 5.65. The van der Waals surface area contributed by atoms with E-state index >= 15 is 0 Å². The third-order valence-electron chi connectivity index (χ3n) is 2.63. The molecule has 98 valence electrons. The first-order valence-corrected chi connectivity index (χ1v) is 6.03. The second-order valence-electron chi connectivity index (χ2n) is 4.00. The number of hydrogen-bond donors (Lipinski definition) is 1. The number of carbonyl (C=O) groups is 1. The van der Waals surface area contributed by atoms with Crippen LogP contribution in [-0.4, -0.2) is 16.1 Å². The number of aromatic carboxylic acids is 1. The Morgan fingerprint density at radius 2 is 2.05 bits per heavy atom. The van der Waals surface area contributed by atoms with Crippen LogP contribution in [0.1, 0.15) is 21.6 Å². The molecular formula is C14H12ClNO3. The maximum atomic E-state index is 11.0. The summed E-state index contributed by atoms with van der Waals surface area (Å²) in [5, 5.41) is 9.13. The summed E-state index contributed by atoms with van der Waals surface area (Å²) >= 11 is 5.79. The van der Waals surface area contributed by atoms with Crippen molar-refractivity contribution >= 4 is 17.6 Å². The van der Waals surface area contributed by atoms with E-state index in [0.717, 1.165) is 5.56 Å². The van der Waals surface area contributed by atoms with Gasteiger partial charge in [0, 0.05) is 11.6 Å². The lowest BCUT2D eigenvalue weighted by atomic mass is 10.2. The summed E-state index contributed by atoms with van der Waals surface area (Å²) in [4.78, 5) is 14.8. The molecule has 1 heterocycles. The summed E-state index contributed by atoms with van der Waals surface area (Å²) in [7, 11) is 0. The van der Waals surface area contributed by atoms with Crippen molar-refractivity contribution in [3.63, 3.8) is 0 Å². The number of nitrogens with zero attached hydrogens (tertiary/aromatic N) is 1. The fraction of sp³-hybridized carbons (Fsp3) is 0.143. The molecule has 0 bridgehead atoms. The molecule has 0 amide bonds. The van der Waals surface area contributed by atoms with E-state index in [1.165, 1.54) is 6.07 Å². The van der Waals surface area contributed by atoms with Gasteiger partial charge in [-0.05, 0) is 12.5 Å². The van der Waals surface area contributed by atoms with Crippen LogP contribution in [0.3, 0.4) is 0 Å². The summed E-state index contributed by atoms with van der Waals surface area (Å²) in [6.07, 6.45) is 0. The van der Waals surface area contributed by atoms with Gasteiger partial charge in [0.25, 0.3) is 0 Å². The third-order valence-corrected chi connectivity index (χ3v) is 2.83. The van der Waals surface area contributed by atoms with Crippen LogP contribution in [-0.2, 0) is 6.61 Å². The minimum atomic E-state index is -1.12. The number of rotatable bonds is 4. The molecule has 1 aromatic heterocycles. The minimum absolute atomic E-state index is 0.0874. The molecule has 0 radical (unpaired) electrons. The first kappa shape index (κ1) is 13.4. The molecule has 0 saturated carbocycles. The molecule has 0 saturated heterocycles. The van der Waals surface area contributed by atoms with E-state index in [1.807, 2.05) is 30.3 Å². The molecule has 19 heavy (non-hydrogen) atoms. The maximum absolute atomic E-state index is 11.0. The smallest absolute Gasteiger partial charge is 0.354 e. The van der Waals surface area contributed by atoms with Crippen LogP contribution in [0.4, 0.5) is 0 Å². The predicted molar refractivity (Wildman–Crippen MR) is 71.7 cm³/mol. The summed E-state index contributed by atoms with van der Waals surface area (Å²) < 4.78 is 5.61. The second kappa shape index (κ2) is 5.71. The first-order chi connectivity index (χ1) is 9.08. The van der Waals surface area contributed by atoms with Gasteiger partial charge in [0.2, 0.25) is 0 Å². The van der Waals surface area contributed by atoms with E-state index < -0.39 is 5.97 Å². The highest BCUT2D eigenvalue weighted by Gasteiger charge is 2.15. The van der Waals surface area contributed by atoms with Crippen LogP contribution >= 0.6 is 11.6 Å². The molecule has 4 nitrogen and oxygen atoms in total. The Balaban J connectivity index is 2.23. The molecule has 0 spiro atoms.